The Morgan fingerprint density at radius 2 is 2.00 bits per heavy atom. The molecule has 1 amide bonds. The van der Waals surface area contributed by atoms with Crippen molar-refractivity contribution < 1.29 is 17.9 Å². The SMILES string of the molecule is CCOc1ccc(S(=O)(=O)N2CCC(C(=O)N[C@H](C)CC)CC2)cc1Cl. The Bertz CT molecular complexity index is 731. The number of hydrogen-bond donors (Lipinski definition) is 1. The van der Waals surface area contributed by atoms with Crippen LogP contribution in [-0.2, 0) is 14.8 Å². The summed E-state index contributed by atoms with van der Waals surface area (Å²) >= 11 is 6.12. The third-order valence-electron chi connectivity index (χ3n) is 4.67. The molecule has 0 unspecified atom stereocenters. The quantitative estimate of drug-likeness (QED) is 0.760. The zero-order valence-electron chi connectivity index (χ0n) is 15.5. The molecule has 0 spiro atoms. The van der Waals surface area contributed by atoms with Crippen molar-refractivity contribution in [2.24, 2.45) is 5.92 Å². The van der Waals surface area contributed by atoms with Crippen molar-refractivity contribution in [2.45, 2.75) is 51.0 Å². The van der Waals surface area contributed by atoms with Crippen LogP contribution in [0.1, 0.15) is 40.0 Å². The number of ether oxygens (including phenoxy) is 1. The van der Waals surface area contributed by atoms with Crippen LogP contribution >= 0.6 is 11.6 Å². The van der Waals surface area contributed by atoms with Gasteiger partial charge in [0.25, 0.3) is 0 Å². The monoisotopic (exact) mass is 402 g/mol. The molecule has 0 radical (unpaired) electrons. The predicted octanol–water partition coefficient (Wildman–Crippen LogP) is 3.05. The van der Waals surface area contributed by atoms with Crippen LogP contribution in [-0.4, -0.2) is 44.4 Å². The first-order valence-corrected chi connectivity index (χ1v) is 10.8. The van der Waals surface area contributed by atoms with E-state index in [-0.39, 0.29) is 27.8 Å². The number of rotatable bonds is 7. The summed E-state index contributed by atoms with van der Waals surface area (Å²) in [7, 11) is -3.63. The second kappa shape index (κ2) is 9.06. The van der Waals surface area contributed by atoms with Crippen molar-refractivity contribution in [1.29, 1.82) is 0 Å². The standard InChI is InChI=1S/C18H27ClN2O4S/c1-4-13(3)20-18(22)14-8-10-21(11-9-14)26(23,24)15-6-7-17(25-5-2)16(19)12-15/h6-7,12-14H,4-5,8-11H2,1-3H3,(H,20,22)/t13-/m1/s1. The highest BCUT2D eigenvalue weighted by molar-refractivity contribution is 7.89. The Labute approximate surface area is 160 Å². The highest BCUT2D eigenvalue weighted by Crippen LogP contribution is 2.30. The minimum atomic E-state index is -3.63. The zero-order valence-corrected chi connectivity index (χ0v) is 17.1. The number of sulfonamides is 1. The van der Waals surface area contributed by atoms with Crippen LogP contribution in [0.15, 0.2) is 23.1 Å². The van der Waals surface area contributed by atoms with Crippen molar-refractivity contribution in [1.82, 2.24) is 9.62 Å². The first-order valence-electron chi connectivity index (χ1n) is 9.02. The number of carbonyl (C=O) groups is 1. The molecule has 2 rings (SSSR count). The van der Waals surface area contributed by atoms with Gasteiger partial charge in [0.2, 0.25) is 15.9 Å². The summed E-state index contributed by atoms with van der Waals surface area (Å²) in [5.74, 6) is 0.341. The Balaban J connectivity index is 2.03. The number of piperidine rings is 1. The van der Waals surface area contributed by atoms with Gasteiger partial charge in [-0.2, -0.15) is 4.31 Å². The summed E-state index contributed by atoms with van der Waals surface area (Å²) < 4.78 is 32.4. The summed E-state index contributed by atoms with van der Waals surface area (Å²) in [5, 5.41) is 3.25. The molecule has 1 aliphatic rings. The lowest BCUT2D eigenvalue weighted by atomic mass is 9.97. The molecular formula is C18H27ClN2O4S. The molecule has 6 nitrogen and oxygen atoms in total. The van der Waals surface area contributed by atoms with E-state index in [1.54, 1.807) is 6.07 Å². The van der Waals surface area contributed by atoms with E-state index in [1.165, 1.54) is 16.4 Å². The van der Waals surface area contributed by atoms with Crippen LogP contribution in [0.4, 0.5) is 0 Å². The number of benzene rings is 1. The maximum atomic E-state index is 12.8. The van der Waals surface area contributed by atoms with Gasteiger partial charge in [-0.25, -0.2) is 8.42 Å². The molecule has 0 saturated carbocycles. The maximum Gasteiger partial charge on any atom is 0.243 e. The lowest BCUT2D eigenvalue weighted by Gasteiger charge is -2.31. The number of hydrogen-bond acceptors (Lipinski definition) is 4. The van der Waals surface area contributed by atoms with E-state index >= 15 is 0 Å². The van der Waals surface area contributed by atoms with Crippen LogP contribution in [0.25, 0.3) is 0 Å². The molecular weight excluding hydrogens is 376 g/mol. The highest BCUT2D eigenvalue weighted by atomic mass is 35.5. The predicted molar refractivity (Wildman–Crippen MR) is 102 cm³/mol. The fourth-order valence-corrected chi connectivity index (χ4v) is 4.68. The summed E-state index contributed by atoms with van der Waals surface area (Å²) in [6, 6.07) is 4.64. The van der Waals surface area contributed by atoms with E-state index < -0.39 is 10.0 Å². The number of carbonyl (C=O) groups excluding carboxylic acids is 1. The molecule has 26 heavy (non-hydrogen) atoms. The molecule has 1 aliphatic heterocycles. The van der Waals surface area contributed by atoms with Crippen LogP contribution < -0.4 is 10.1 Å². The average molecular weight is 403 g/mol. The number of halogens is 1. The van der Waals surface area contributed by atoms with Gasteiger partial charge in [-0.3, -0.25) is 4.79 Å². The minimum Gasteiger partial charge on any atom is -0.492 e. The topological polar surface area (TPSA) is 75.7 Å². The van der Waals surface area contributed by atoms with Crippen LogP contribution in [0.2, 0.25) is 5.02 Å². The molecule has 0 bridgehead atoms. The van der Waals surface area contributed by atoms with Gasteiger partial charge in [0.15, 0.2) is 0 Å². The molecule has 0 aliphatic carbocycles. The van der Waals surface area contributed by atoms with Crippen molar-refractivity contribution in [2.75, 3.05) is 19.7 Å². The van der Waals surface area contributed by atoms with Gasteiger partial charge in [0, 0.05) is 25.0 Å². The highest BCUT2D eigenvalue weighted by Gasteiger charge is 2.32. The van der Waals surface area contributed by atoms with Gasteiger partial charge in [-0.1, -0.05) is 18.5 Å². The Morgan fingerprint density at radius 3 is 2.54 bits per heavy atom. The summed E-state index contributed by atoms with van der Waals surface area (Å²) in [5.41, 5.74) is 0. The van der Waals surface area contributed by atoms with Crippen molar-refractivity contribution >= 4 is 27.5 Å². The van der Waals surface area contributed by atoms with Crippen molar-refractivity contribution in [3.8, 4) is 5.75 Å². The molecule has 0 aromatic heterocycles. The lowest BCUT2D eigenvalue weighted by Crippen LogP contribution is -2.44. The Hall–Kier alpha value is -1.31. The smallest absolute Gasteiger partial charge is 0.243 e. The second-order valence-corrected chi connectivity index (χ2v) is 8.87. The molecule has 1 saturated heterocycles. The molecule has 146 valence electrons. The van der Waals surface area contributed by atoms with E-state index in [0.29, 0.717) is 38.3 Å². The fraction of sp³-hybridized carbons (Fsp3) is 0.611. The minimum absolute atomic E-state index is 0.0144. The Kier molecular flexibility index (Phi) is 7.32. The molecule has 1 atom stereocenters. The number of amides is 1. The molecule has 1 fully saturated rings. The maximum absolute atomic E-state index is 12.8. The zero-order chi connectivity index (χ0) is 19.3. The van der Waals surface area contributed by atoms with Gasteiger partial charge in [0.05, 0.1) is 16.5 Å². The van der Waals surface area contributed by atoms with Gasteiger partial charge < -0.3 is 10.1 Å². The first kappa shape index (κ1) is 21.0. The van der Waals surface area contributed by atoms with E-state index in [2.05, 4.69) is 5.32 Å². The van der Waals surface area contributed by atoms with Crippen LogP contribution in [0, 0.1) is 5.92 Å². The van der Waals surface area contributed by atoms with Gasteiger partial charge in [-0.05, 0) is 51.3 Å². The summed E-state index contributed by atoms with van der Waals surface area (Å²) in [4.78, 5) is 12.4. The number of nitrogens with one attached hydrogen (secondary N) is 1. The average Bonchev–Trinajstić information content (AvgIpc) is 2.63. The summed E-state index contributed by atoms with van der Waals surface area (Å²) in [6.07, 6.45) is 1.91. The molecule has 1 aromatic carbocycles. The van der Waals surface area contributed by atoms with Gasteiger partial charge in [0.1, 0.15) is 5.75 Å². The molecule has 1 heterocycles. The van der Waals surface area contributed by atoms with Gasteiger partial charge >= 0.3 is 0 Å². The summed E-state index contributed by atoms with van der Waals surface area (Å²) in [6.45, 7) is 6.92. The third-order valence-corrected chi connectivity index (χ3v) is 6.86. The number of nitrogens with zero attached hydrogens (tertiary/aromatic N) is 1. The largest absolute Gasteiger partial charge is 0.492 e. The van der Waals surface area contributed by atoms with E-state index in [9.17, 15) is 13.2 Å². The molecule has 1 N–H and O–H groups in total. The van der Waals surface area contributed by atoms with E-state index in [0.717, 1.165) is 6.42 Å². The molecule has 8 heteroatoms. The first-order chi connectivity index (χ1) is 12.3. The van der Waals surface area contributed by atoms with E-state index in [4.69, 9.17) is 16.3 Å². The van der Waals surface area contributed by atoms with Crippen LogP contribution in [0.3, 0.4) is 0 Å². The second-order valence-electron chi connectivity index (χ2n) is 6.52. The van der Waals surface area contributed by atoms with Crippen molar-refractivity contribution in [3.63, 3.8) is 0 Å². The van der Waals surface area contributed by atoms with E-state index in [1.807, 2.05) is 20.8 Å². The van der Waals surface area contributed by atoms with Crippen molar-refractivity contribution in [3.05, 3.63) is 23.2 Å². The molecule has 1 aromatic rings. The lowest BCUT2D eigenvalue weighted by molar-refractivity contribution is -0.126. The van der Waals surface area contributed by atoms with Crippen LogP contribution in [0.5, 0.6) is 5.75 Å². The fourth-order valence-electron chi connectivity index (χ4n) is 2.88. The normalized spacial score (nSPS) is 17.7. The van der Waals surface area contributed by atoms with Gasteiger partial charge in [-0.15, -0.1) is 0 Å². The Morgan fingerprint density at radius 1 is 1.35 bits per heavy atom. The third kappa shape index (κ3) is 4.90.